The Morgan fingerprint density at radius 1 is 1.44 bits per heavy atom. The number of nitrogens with zero attached hydrogens (tertiary/aromatic N) is 1. The molecule has 1 aromatic carbocycles. The maximum Gasteiger partial charge on any atom is 0.305 e. The molecule has 0 saturated carbocycles. The minimum absolute atomic E-state index is 0.152. The Kier molecular flexibility index (Phi) is 7.46. The van der Waals surface area contributed by atoms with Crippen LogP contribution in [0.2, 0.25) is 0 Å². The van der Waals surface area contributed by atoms with Gasteiger partial charge in [-0.1, -0.05) is 39.9 Å². The second-order valence-corrected chi connectivity index (χ2v) is 7.72. The average molecular weight is 444 g/mol. The van der Waals surface area contributed by atoms with Gasteiger partial charge in [0.05, 0.1) is 18.6 Å². The maximum atomic E-state index is 12.6. The first-order valence-electron chi connectivity index (χ1n) is 7.70. The number of esters is 1. The Morgan fingerprint density at radius 3 is 2.88 bits per heavy atom. The fourth-order valence-corrected chi connectivity index (χ4v) is 3.94. The van der Waals surface area contributed by atoms with E-state index in [0.717, 1.165) is 10.0 Å². The van der Waals surface area contributed by atoms with E-state index in [4.69, 9.17) is 21.7 Å². The van der Waals surface area contributed by atoms with Crippen LogP contribution in [-0.4, -0.2) is 41.4 Å². The van der Waals surface area contributed by atoms with Crippen LogP contribution < -0.4 is 4.74 Å². The van der Waals surface area contributed by atoms with E-state index in [2.05, 4.69) is 15.9 Å². The van der Waals surface area contributed by atoms with Crippen LogP contribution in [0.15, 0.2) is 27.6 Å². The number of amides is 1. The van der Waals surface area contributed by atoms with Crippen molar-refractivity contribution in [1.82, 2.24) is 4.90 Å². The van der Waals surface area contributed by atoms with Gasteiger partial charge in [-0.3, -0.25) is 14.5 Å². The molecule has 2 rings (SSSR count). The monoisotopic (exact) mass is 443 g/mol. The first kappa shape index (κ1) is 19.9. The zero-order chi connectivity index (χ0) is 18.4. The highest BCUT2D eigenvalue weighted by Gasteiger charge is 2.31. The van der Waals surface area contributed by atoms with Crippen LogP contribution in [0, 0.1) is 0 Å². The Balaban J connectivity index is 2.08. The van der Waals surface area contributed by atoms with Gasteiger partial charge in [0.2, 0.25) is 0 Å². The summed E-state index contributed by atoms with van der Waals surface area (Å²) in [6.45, 7) is 2.52. The maximum absolute atomic E-state index is 12.6. The minimum atomic E-state index is -0.262. The molecule has 1 aliphatic heterocycles. The van der Waals surface area contributed by atoms with E-state index >= 15 is 0 Å². The van der Waals surface area contributed by atoms with Gasteiger partial charge in [0, 0.05) is 23.0 Å². The lowest BCUT2D eigenvalue weighted by Crippen LogP contribution is -2.29. The number of rotatable bonds is 7. The molecule has 1 aromatic rings. The Morgan fingerprint density at radius 2 is 2.20 bits per heavy atom. The summed E-state index contributed by atoms with van der Waals surface area (Å²) >= 11 is 9.97. The van der Waals surface area contributed by atoms with Crippen molar-refractivity contribution in [2.45, 2.75) is 19.8 Å². The van der Waals surface area contributed by atoms with Crippen LogP contribution in [0.4, 0.5) is 0 Å². The Hall–Kier alpha value is -1.38. The minimum Gasteiger partial charge on any atom is -0.496 e. The van der Waals surface area contributed by atoms with Gasteiger partial charge in [-0.25, -0.2) is 0 Å². The second kappa shape index (κ2) is 9.35. The summed E-state index contributed by atoms with van der Waals surface area (Å²) in [5, 5.41) is 0. The summed E-state index contributed by atoms with van der Waals surface area (Å²) in [5.74, 6) is 0.263. The molecule has 1 heterocycles. The average Bonchev–Trinajstić information content (AvgIpc) is 2.83. The number of ether oxygens (including phenoxy) is 2. The van der Waals surface area contributed by atoms with Crippen molar-refractivity contribution < 1.29 is 19.1 Å². The molecule has 0 N–H and O–H groups in total. The third-order valence-electron chi connectivity index (χ3n) is 3.42. The highest BCUT2D eigenvalue weighted by atomic mass is 79.9. The second-order valence-electron chi connectivity index (χ2n) is 5.13. The smallest absolute Gasteiger partial charge is 0.305 e. The molecule has 0 atom stereocenters. The molecule has 1 amide bonds. The van der Waals surface area contributed by atoms with Crippen molar-refractivity contribution in [1.29, 1.82) is 0 Å². The lowest BCUT2D eigenvalue weighted by Gasteiger charge is -2.13. The topological polar surface area (TPSA) is 55.8 Å². The third kappa shape index (κ3) is 5.29. The van der Waals surface area contributed by atoms with Crippen molar-refractivity contribution in [3.8, 4) is 5.75 Å². The number of thioether (sulfide) groups is 1. The molecule has 0 bridgehead atoms. The fourth-order valence-electron chi connectivity index (χ4n) is 2.27. The van der Waals surface area contributed by atoms with Gasteiger partial charge in [0.25, 0.3) is 5.91 Å². The largest absolute Gasteiger partial charge is 0.496 e. The molecule has 1 aliphatic rings. The van der Waals surface area contributed by atoms with Gasteiger partial charge in [0.1, 0.15) is 10.1 Å². The van der Waals surface area contributed by atoms with E-state index in [1.807, 2.05) is 18.2 Å². The van der Waals surface area contributed by atoms with Gasteiger partial charge >= 0.3 is 5.97 Å². The summed E-state index contributed by atoms with van der Waals surface area (Å²) in [7, 11) is 1.58. The van der Waals surface area contributed by atoms with Crippen molar-refractivity contribution in [2.75, 3.05) is 20.3 Å². The van der Waals surface area contributed by atoms with Crippen molar-refractivity contribution in [2.24, 2.45) is 0 Å². The van der Waals surface area contributed by atoms with Crippen LogP contribution in [0.3, 0.4) is 0 Å². The number of methoxy groups -OCH3 is 1. The van der Waals surface area contributed by atoms with Crippen LogP contribution in [0.5, 0.6) is 5.75 Å². The van der Waals surface area contributed by atoms with Crippen molar-refractivity contribution >= 4 is 62.2 Å². The SMILES string of the molecule is CCOC(=O)CCCN1C(=O)/C(=C\c2cc(Br)ccc2OC)SC1=S. The number of hydrogen-bond acceptors (Lipinski definition) is 6. The molecule has 8 heteroatoms. The fraction of sp³-hybridized carbons (Fsp3) is 0.353. The summed E-state index contributed by atoms with van der Waals surface area (Å²) < 4.78 is 11.6. The molecule has 25 heavy (non-hydrogen) atoms. The molecule has 1 saturated heterocycles. The molecule has 0 radical (unpaired) electrons. The molecule has 134 valence electrons. The first-order chi connectivity index (χ1) is 12.0. The number of halogens is 1. The van der Waals surface area contributed by atoms with Gasteiger partial charge in [-0.15, -0.1) is 0 Å². The molecular formula is C17H18BrNO4S2. The third-order valence-corrected chi connectivity index (χ3v) is 5.29. The predicted octanol–water partition coefficient (Wildman–Crippen LogP) is 4.00. The molecule has 0 aliphatic carbocycles. The number of benzene rings is 1. The van der Waals surface area contributed by atoms with E-state index in [-0.39, 0.29) is 18.3 Å². The van der Waals surface area contributed by atoms with Crippen molar-refractivity contribution in [3.05, 3.63) is 33.1 Å². The van der Waals surface area contributed by atoms with E-state index in [0.29, 0.717) is 34.5 Å². The van der Waals surface area contributed by atoms with Crippen LogP contribution in [0.1, 0.15) is 25.3 Å². The van der Waals surface area contributed by atoms with E-state index in [1.165, 1.54) is 16.7 Å². The van der Waals surface area contributed by atoms with Crippen molar-refractivity contribution in [3.63, 3.8) is 0 Å². The lowest BCUT2D eigenvalue weighted by molar-refractivity contribution is -0.143. The molecule has 1 fully saturated rings. The van der Waals surface area contributed by atoms with E-state index in [9.17, 15) is 9.59 Å². The number of carbonyl (C=O) groups is 2. The highest BCUT2D eigenvalue weighted by Crippen LogP contribution is 2.35. The zero-order valence-electron chi connectivity index (χ0n) is 13.9. The van der Waals surface area contributed by atoms with E-state index in [1.54, 1.807) is 20.1 Å². The zero-order valence-corrected chi connectivity index (χ0v) is 17.1. The Bertz CT molecular complexity index is 721. The quantitative estimate of drug-likeness (QED) is 0.360. The van der Waals surface area contributed by atoms with Gasteiger partial charge in [0.15, 0.2) is 0 Å². The number of thiocarbonyl (C=S) groups is 1. The molecule has 0 spiro atoms. The molecule has 0 aromatic heterocycles. The Labute approximate surface area is 164 Å². The van der Waals surface area contributed by atoms with Gasteiger partial charge < -0.3 is 9.47 Å². The number of carbonyl (C=O) groups excluding carboxylic acids is 2. The lowest BCUT2D eigenvalue weighted by atomic mass is 10.2. The highest BCUT2D eigenvalue weighted by molar-refractivity contribution is 9.10. The van der Waals surface area contributed by atoms with Gasteiger partial charge in [-0.05, 0) is 37.6 Å². The normalized spacial score (nSPS) is 15.8. The summed E-state index contributed by atoms with van der Waals surface area (Å²) in [4.78, 5) is 26.0. The van der Waals surface area contributed by atoms with E-state index < -0.39 is 0 Å². The van der Waals surface area contributed by atoms with Gasteiger partial charge in [-0.2, -0.15) is 0 Å². The summed E-state index contributed by atoms with van der Waals surface area (Å²) in [6.07, 6.45) is 2.55. The first-order valence-corrected chi connectivity index (χ1v) is 9.72. The summed E-state index contributed by atoms with van der Waals surface area (Å²) in [6, 6.07) is 5.58. The standard InChI is InChI=1S/C17H18BrNO4S2/c1-3-23-15(20)5-4-8-19-16(21)14(25-17(19)24)10-11-9-12(18)6-7-13(11)22-2/h6-7,9-10H,3-5,8H2,1-2H3/b14-10+. The molecular weight excluding hydrogens is 426 g/mol. The summed E-state index contributed by atoms with van der Waals surface area (Å²) in [5.41, 5.74) is 0.795. The van der Waals surface area contributed by atoms with Crippen LogP contribution in [-0.2, 0) is 14.3 Å². The number of hydrogen-bond donors (Lipinski definition) is 0. The predicted molar refractivity (Wildman–Crippen MR) is 106 cm³/mol. The van der Waals surface area contributed by atoms with Crippen LogP contribution in [0.25, 0.3) is 6.08 Å². The molecule has 5 nitrogen and oxygen atoms in total. The molecule has 0 unspecified atom stereocenters. The van der Waals surface area contributed by atoms with Crippen LogP contribution >= 0.6 is 39.9 Å².